The van der Waals surface area contributed by atoms with Crippen LogP contribution < -0.4 is 10.5 Å². The highest BCUT2D eigenvalue weighted by atomic mass is 19.4. The lowest BCUT2D eigenvalue weighted by Crippen LogP contribution is -2.31. The molecule has 6 heteroatoms. The molecule has 0 saturated heterocycles. The zero-order valence-electron chi connectivity index (χ0n) is 8.95. The minimum absolute atomic E-state index is 0.0698. The molecule has 1 unspecified atom stereocenters. The van der Waals surface area contributed by atoms with E-state index in [4.69, 9.17) is 5.73 Å². The normalized spacial score (nSPS) is 15.6. The van der Waals surface area contributed by atoms with Crippen molar-refractivity contribution >= 4 is 0 Å². The Morgan fingerprint density at radius 3 is 2.50 bits per heavy atom. The van der Waals surface area contributed by atoms with E-state index in [-0.39, 0.29) is 11.9 Å². The molecule has 1 aromatic heterocycles. The molecule has 1 heterocycles. The lowest BCUT2D eigenvalue weighted by Gasteiger charge is -2.17. The van der Waals surface area contributed by atoms with E-state index in [1.807, 2.05) is 0 Å². The molecular weight excluding hydrogens is 221 g/mol. The number of ether oxygens (including phenoxy) is 1. The Bertz CT molecular complexity index is 352. The van der Waals surface area contributed by atoms with Gasteiger partial charge in [-0.3, -0.25) is 0 Å². The zero-order chi connectivity index (χ0) is 12.3. The number of nitrogens with zero attached hydrogens (tertiary/aromatic N) is 1. The summed E-state index contributed by atoms with van der Waals surface area (Å²) in [7, 11) is 0. The average Bonchev–Trinajstić information content (AvgIpc) is 2.16. The van der Waals surface area contributed by atoms with Crippen molar-refractivity contribution in [3.63, 3.8) is 0 Å². The summed E-state index contributed by atoms with van der Waals surface area (Å²) in [5, 5.41) is 0. The Labute approximate surface area is 91.4 Å². The van der Waals surface area contributed by atoms with Crippen LogP contribution in [0.5, 0.6) is 5.88 Å². The topological polar surface area (TPSA) is 48.1 Å². The molecule has 0 aliphatic heterocycles. The number of rotatable bonds is 3. The summed E-state index contributed by atoms with van der Waals surface area (Å²) in [5.41, 5.74) is 6.27. The maximum absolute atomic E-state index is 12.2. The highest BCUT2D eigenvalue weighted by Gasteiger charge is 2.38. The fraction of sp³-hybridized carbons (Fsp3) is 0.500. The van der Waals surface area contributed by atoms with E-state index in [0.717, 1.165) is 6.92 Å². The molecule has 2 atom stereocenters. The summed E-state index contributed by atoms with van der Waals surface area (Å²) in [6.07, 6.45) is -4.91. The predicted molar refractivity (Wildman–Crippen MR) is 53.0 cm³/mol. The Hall–Kier alpha value is -1.30. The van der Waals surface area contributed by atoms with Crippen LogP contribution in [-0.4, -0.2) is 17.3 Å². The van der Waals surface area contributed by atoms with Crippen molar-refractivity contribution in [2.24, 2.45) is 5.73 Å². The summed E-state index contributed by atoms with van der Waals surface area (Å²) >= 11 is 0. The molecule has 0 aliphatic rings. The first-order chi connectivity index (χ1) is 7.30. The third kappa shape index (κ3) is 3.37. The molecule has 1 rings (SSSR count). The highest BCUT2D eigenvalue weighted by Crippen LogP contribution is 2.24. The van der Waals surface area contributed by atoms with Crippen LogP contribution in [0.4, 0.5) is 13.2 Å². The van der Waals surface area contributed by atoms with Crippen LogP contribution in [0, 0.1) is 0 Å². The molecule has 3 nitrogen and oxygen atoms in total. The van der Waals surface area contributed by atoms with Gasteiger partial charge in [0.25, 0.3) is 0 Å². The molecule has 0 aromatic carbocycles. The second kappa shape index (κ2) is 4.69. The summed E-state index contributed by atoms with van der Waals surface area (Å²) in [6.45, 7) is 2.66. The number of halogens is 3. The second-order valence-electron chi connectivity index (χ2n) is 3.52. The van der Waals surface area contributed by atoms with Gasteiger partial charge in [0, 0.05) is 18.3 Å². The van der Waals surface area contributed by atoms with Crippen molar-refractivity contribution in [2.45, 2.75) is 32.2 Å². The van der Waals surface area contributed by atoms with Gasteiger partial charge in [0.1, 0.15) is 0 Å². The zero-order valence-corrected chi connectivity index (χ0v) is 8.95. The van der Waals surface area contributed by atoms with E-state index >= 15 is 0 Å². The van der Waals surface area contributed by atoms with Gasteiger partial charge in [-0.1, -0.05) is 0 Å². The van der Waals surface area contributed by atoms with Crippen LogP contribution in [0.15, 0.2) is 18.3 Å². The van der Waals surface area contributed by atoms with Crippen LogP contribution in [0.1, 0.15) is 25.5 Å². The van der Waals surface area contributed by atoms with E-state index in [2.05, 4.69) is 9.72 Å². The summed E-state index contributed by atoms with van der Waals surface area (Å²) in [5.74, 6) is -0.0698. The molecule has 0 radical (unpaired) electrons. The third-order valence-electron chi connectivity index (χ3n) is 2.04. The Balaban J connectivity index is 2.78. The van der Waals surface area contributed by atoms with Crippen molar-refractivity contribution in [1.82, 2.24) is 4.98 Å². The van der Waals surface area contributed by atoms with Crippen LogP contribution in [-0.2, 0) is 0 Å². The largest absolute Gasteiger partial charge is 0.465 e. The number of aromatic nitrogens is 1. The van der Waals surface area contributed by atoms with Crippen molar-refractivity contribution in [3.8, 4) is 5.88 Å². The Morgan fingerprint density at radius 2 is 2.00 bits per heavy atom. The lowest BCUT2D eigenvalue weighted by molar-refractivity contribution is -0.190. The summed E-state index contributed by atoms with van der Waals surface area (Å²) < 4.78 is 41.3. The molecule has 0 aliphatic carbocycles. The number of hydrogen-bond donors (Lipinski definition) is 1. The van der Waals surface area contributed by atoms with Crippen molar-refractivity contribution in [2.75, 3.05) is 0 Å². The first-order valence-corrected chi connectivity index (χ1v) is 4.75. The fourth-order valence-corrected chi connectivity index (χ4v) is 1.02. The molecule has 1 aromatic rings. The fourth-order valence-electron chi connectivity index (χ4n) is 1.02. The highest BCUT2D eigenvalue weighted by molar-refractivity contribution is 5.23. The van der Waals surface area contributed by atoms with Gasteiger partial charge >= 0.3 is 6.18 Å². The molecule has 0 saturated carbocycles. The van der Waals surface area contributed by atoms with Crippen LogP contribution in [0.3, 0.4) is 0 Å². The summed E-state index contributed by atoms with van der Waals surface area (Å²) in [4.78, 5) is 3.70. The first-order valence-electron chi connectivity index (χ1n) is 4.75. The van der Waals surface area contributed by atoms with Crippen molar-refractivity contribution in [3.05, 3.63) is 23.9 Å². The van der Waals surface area contributed by atoms with Crippen LogP contribution in [0.25, 0.3) is 0 Å². The maximum Gasteiger partial charge on any atom is 0.425 e. The first kappa shape index (κ1) is 12.8. The number of nitrogens with two attached hydrogens (primary N) is 1. The van der Waals surface area contributed by atoms with E-state index in [1.165, 1.54) is 12.3 Å². The lowest BCUT2D eigenvalue weighted by atomic mass is 10.1. The third-order valence-corrected chi connectivity index (χ3v) is 2.04. The predicted octanol–water partition coefficient (Wildman–Crippen LogP) is 2.43. The standard InChI is InChI=1S/C10H13F3N2O/c1-6(14)8-3-4-15-9(5-8)16-7(2)10(11,12)13/h3-7H,14H2,1-2H3/t6-,7?/m0/s1. The Kier molecular flexibility index (Phi) is 3.74. The molecule has 0 bridgehead atoms. The number of pyridine rings is 1. The molecule has 2 N–H and O–H groups in total. The smallest absolute Gasteiger partial charge is 0.425 e. The van der Waals surface area contributed by atoms with Crippen molar-refractivity contribution < 1.29 is 17.9 Å². The number of alkyl halides is 3. The summed E-state index contributed by atoms with van der Waals surface area (Å²) in [6, 6.07) is 2.77. The van der Waals surface area contributed by atoms with E-state index in [9.17, 15) is 13.2 Å². The van der Waals surface area contributed by atoms with Gasteiger partial charge in [0.05, 0.1) is 0 Å². The van der Waals surface area contributed by atoms with Gasteiger partial charge in [-0.2, -0.15) is 13.2 Å². The van der Waals surface area contributed by atoms with Gasteiger partial charge < -0.3 is 10.5 Å². The molecule has 16 heavy (non-hydrogen) atoms. The molecular formula is C10H13F3N2O. The quantitative estimate of drug-likeness (QED) is 0.873. The molecule has 0 amide bonds. The second-order valence-corrected chi connectivity index (χ2v) is 3.52. The van der Waals surface area contributed by atoms with E-state index in [0.29, 0.717) is 5.56 Å². The van der Waals surface area contributed by atoms with Gasteiger partial charge in [-0.15, -0.1) is 0 Å². The monoisotopic (exact) mass is 234 g/mol. The van der Waals surface area contributed by atoms with Gasteiger partial charge in [0.15, 0.2) is 6.10 Å². The van der Waals surface area contributed by atoms with Crippen molar-refractivity contribution in [1.29, 1.82) is 0 Å². The van der Waals surface area contributed by atoms with Crippen LogP contribution >= 0.6 is 0 Å². The average molecular weight is 234 g/mol. The maximum atomic E-state index is 12.2. The Morgan fingerprint density at radius 1 is 1.38 bits per heavy atom. The minimum atomic E-state index is -4.40. The molecule has 90 valence electrons. The van der Waals surface area contributed by atoms with Gasteiger partial charge in [0.2, 0.25) is 5.88 Å². The number of hydrogen-bond acceptors (Lipinski definition) is 3. The van der Waals surface area contributed by atoms with Crippen LogP contribution in [0.2, 0.25) is 0 Å². The molecule has 0 fully saturated rings. The van der Waals surface area contributed by atoms with E-state index in [1.54, 1.807) is 13.0 Å². The van der Waals surface area contributed by atoms with Gasteiger partial charge in [-0.25, -0.2) is 4.98 Å². The minimum Gasteiger partial charge on any atom is -0.465 e. The van der Waals surface area contributed by atoms with E-state index < -0.39 is 12.3 Å². The SMILES string of the molecule is CC(Oc1cc([C@H](C)N)ccn1)C(F)(F)F. The van der Waals surface area contributed by atoms with Gasteiger partial charge in [-0.05, 0) is 25.5 Å². The molecule has 0 spiro atoms.